The number of para-hydroxylation sites is 1. The molecule has 2 atom stereocenters. The molecule has 0 radical (unpaired) electrons. The smallest absolute Gasteiger partial charge is 0.245 e. The first kappa shape index (κ1) is 32.9. The van der Waals surface area contributed by atoms with Gasteiger partial charge in [0, 0.05) is 51.9 Å². The number of sulfonamides is 1. The van der Waals surface area contributed by atoms with Gasteiger partial charge in [-0.15, -0.1) is 0 Å². The molecule has 1 unspecified atom stereocenters. The number of anilines is 4. The van der Waals surface area contributed by atoms with E-state index in [0.29, 0.717) is 23.9 Å². The monoisotopic (exact) mass is 671 g/mol. The number of halogens is 1. The van der Waals surface area contributed by atoms with Gasteiger partial charge in [0.15, 0.2) is 5.82 Å². The molecule has 0 amide bonds. The summed E-state index contributed by atoms with van der Waals surface area (Å²) in [7, 11) is -2.21. The van der Waals surface area contributed by atoms with Crippen molar-refractivity contribution in [3.8, 4) is 5.75 Å². The summed E-state index contributed by atoms with van der Waals surface area (Å²) >= 11 is 6.48. The summed E-state index contributed by atoms with van der Waals surface area (Å²) in [6.45, 7) is 5.25. The number of aliphatic hydroxyl groups excluding tert-OH is 2. The lowest BCUT2D eigenvalue weighted by Crippen LogP contribution is -2.51. The van der Waals surface area contributed by atoms with Gasteiger partial charge >= 0.3 is 0 Å². The quantitative estimate of drug-likeness (QED) is 0.236. The number of nitrogens with one attached hydrogen (secondary N) is 2. The van der Waals surface area contributed by atoms with Gasteiger partial charge in [0.2, 0.25) is 16.0 Å². The number of ether oxygens (including phenoxy) is 1. The molecule has 3 heterocycles. The van der Waals surface area contributed by atoms with E-state index in [1.807, 2.05) is 0 Å². The van der Waals surface area contributed by atoms with E-state index in [-0.39, 0.29) is 41.4 Å². The first-order valence-corrected chi connectivity index (χ1v) is 17.7. The SMILES string of the molecule is COc1cc2c(cc1Nc1ncc(Cl)c(Nc3ccccc3S(=O)(=O)N3CC[C@@H](O)C3)n1)CCCC(N1CCN(CCO)CC1)C2. The number of benzene rings is 2. The third-order valence-corrected chi connectivity index (χ3v) is 11.4. The summed E-state index contributed by atoms with van der Waals surface area (Å²) in [5.41, 5.74) is 3.61. The molecule has 2 aliphatic heterocycles. The van der Waals surface area contributed by atoms with E-state index in [2.05, 4.69) is 42.5 Å². The minimum Gasteiger partial charge on any atom is -0.495 e. The topological polar surface area (TPSA) is 143 Å². The van der Waals surface area contributed by atoms with Crippen LogP contribution in [0.15, 0.2) is 47.5 Å². The molecule has 46 heavy (non-hydrogen) atoms. The molecule has 248 valence electrons. The lowest BCUT2D eigenvalue weighted by molar-refractivity contribution is 0.0805. The van der Waals surface area contributed by atoms with Crippen LogP contribution in [0.4, 0.5) is 23.1 Å². The molecule has 3 aliphatic rings. The number of aryl methyl sites for hydroxylation is 1. The highest BCUT2D eigenvalue weighted by Gasteiger charge is 2.33. The zero-order valence-corrected chi connectivity index (χ0v) is 27.6. The van der Waals surface area contributed by atoms with Crippen molar-refractivity contribution in [2.24, 2.45) is 0 Å². The van der Waals surface area contributed by atoms with Crippen molar-refractivity contribution in [2.75, 3.05) is 70.2 Å². The van der Waals surface area contributed by atoms with Crippen LogP contribution in [0.25, 0.3) is 0 Å². The van der Waals surface area contributed by atoms with Crippen molar-refractivity contribution in [3.05, 3.63) is 58.7 Å². The minimum absolute atomic E-state index is 0.0602. The number of methoxy groups -OCH3 is 1. The normalized spacial score (nSPS) is 21.5. The molecule has 6 rings (SSSR count). The maximum Gasteiger partial charge on any atom is 0.245 e. The Bertz CT molecular complexity index is 1640. The predicted octanol–water partition coefficient (Wildman–Crippen LogP) is 3.24. The Hall–Kier alpha value is -3.04. The van der Waals surface area contributed by atoms with Crippen LogP contribution in [0.5, 0.6) is 5.75 Å². The second-order valence-corrected chi connectivity index (χ2v) is 14.4. The number of hydrogen-bond donors (Lipinski definition) is 4. The maximum absolute atomic E-state index is 13.4. The Kier molecular flexibility index (Phi) is 10.3. The Morgan fingerprint density at radius 2 is 1.85 bits per heavy atom. The zero-order valence-electron chi connectivity index (χ0n) is 26.0. The first-order chi connectivity index (χ1) is 22.2. The average Bonchev–Trinajstić information content (AvgIpc) is 3.40. The van der Waals surface area contributed by atoms with Gasteiger partial charge in [-0.3, -0.25) is 9.80 Å². The molecule has 2 saturated heterocycles. The van der Waals surface area contributed by atoms with Crippen LogP contribution in [-0.2, 0) is 22.9 Å². The van der Waals surface area contributed by atoms with E-state index in [4.69, 9.17) is 16.3 Å². The highest BCUT2D eigenvalue weighted by atomic mass is 35.5. The summed E-state index contributed by atoms with van der Waals surface area (Å²) in [5.74, 6) is 1.21. The lowest BCUT2D eigenvalue weighted by Gasteiger charge is -2.39. The van der Waals surface area contributed by atoms with Gasteiger partial charge in [-0.1, -0.05) is 23.7 Å². The lowest BCUT2D eigenvalue weighted by atomic mass is 9.99. The highest BCUT2D eigenvalue weighted by molar-refractivity contribution is 7.89. The fourth-order valence-electron chi connectivity index (χ4n) is 6.67. The molecule has 1 aliphatic carbocycles. The number of aromatic nitrogens is 2. The Labute approximate surface area is 275 Å². The van der Waals surface area contributed by atoms with E-state index in [1.165, 1.54) is 27.7 Å². The molecule has 0 bridgehead atoms. The molecular formula is C32H42ClN7O5S. The predicted molar refractivity (Wildman–Crippen MR) is 178 cm³/mol. The van der Waals surface area contributed by atoms with E-state index in [0.717, 1.165) is 64.1 Å². The number of rotatable bonds is 10. The molecule has 2 fully saturated rings. The van der Waals surface area contributed by atoms with E-state index in [9.17, 15) is 18.6 Å². The molecule has 0 saturated carbocycles. The molecule has 1 aromatic heterocycles. The van der Waals surface area contributed by atoms with Crippen LogP contribution in [0.3, 0.4) is 0 Å². The summed E-state index contributed by atoms with van der Waals surface area (Å²) in [6, 6.07) is 11.3. The summed E-state index contributed by atoms with van der Waals surface area (Å²) in [5, 5.41) is 25.8. The number of nitrogens with zero attached hydrogens (tertiary/aromatic N) is 5. The van der Waals surface area contributed by atoms with E-state index >= 15 is 0 Å². The summed E-state index contributed by atoms with van der Waals surface area (Å²) in [4.78, 5) is 14.0. The van der Waals surface area contributed by atoms with Crippen molar-refractivity contribution >= 4 is 44.8 Å². The number of aliphatic hydroxyl groups is 2. The van der Waals surface area contributed by atoms with Crippen LogP contribution >= 0.6 is 11.6 Å². The van der Waals surface area contributed by atoms with Gasteiger partial charge in [-0.05, 0) is 67.5 Å². The van der Waals surface area contributed by atoms with Gasteiger partial charge in [-0.25, -0.2) is 13.4 Å². The minimum atomic E-state index is -3.85. The number of fused-ring (bicyclic) bond motifs is 1. The average molecular weight is 672 g/mol. The Morgan fingerprint density at radius 1 is 1.04 bits per heavy atom. The molecule has 12 nitrogen and oxygen atoms in total. The van der Waals surface area contributed by atoms with Crippen molar-refractivity contribution < 1.29 is 23.4 Å². The van der Waals surface area contributed by atoms with Gasteiger partial charge in [-0.2, -0.15) is 9.29 Å². The molecule has 3 aromatic rings. The molecular weight excluding hydrogens is 630 g/mol. The summed E-state index contributed by atoms with van der Waals surface area (Å²) < 4.78 is 33.9. The third-order valence-electron chi connectivity index (χ3n) is 9.17. The van der Waals surface area contributed by atoms with Crippen LogP contribution in [0, 0.1) is 0 Å². The van der Waals surface area contributed by atoms with Crippen LogP contribution in [0.2, 0.25) is 5.02 Å². The third kappa shape index (κ3) is 7.25. The zero-order chi connectivity index (χ0) is 32.3. The van der Waals surface area contributed by atoms with Gasteiger partial charge in [0.05, 0.1) is 37.4 Å². The largest absolute Gasteiger partial charge is 0.495 e. The second kappa shape index (κ2) is 14.4. The Morgan fingerprint density at radius 3 is 2.59 bits per heavy atom. The number of piperazine rings is 1. The van der Waals surface area contributed by atoms with Crippen molar-refractivity contribution in [1.29, 1.82) is 0 Å². The van der Waals surface area contributed by atoms with Crippen LogP contribution < -0.4 is 15.4 Å². The van der Waals surface area contributed by atoms with Gasteiger partial charge in [0.25, 0.3) is 0 Å². The molecule has 4 N–H and O–H groups in total. The summed E-state index contributed by atoms with van der Waals surface area (Å²) in [6.07, 6.45) is 5.32. The first-order valence-electron chi connectivity index (χ1n) is 15.9. The standard InChI is InChI=1S/C32H42ClN7O5S/c1-45-29-19-23-17-24(39-13-11-38(12-14-39)15-16-41)6-4-5-22(23)18-28(29)36-32-34-20-26(33)31(37-32)35-27-7-2-3-8-30(27)46(43,44)40-10-9-25(42)21-40/h2-3,7-8,18-20,24-25,41-42H,4-6,9-17,21H2,1H3,(H2,34,35,36,37)/t24?,25-/m1/s1. The van der Waals surface area contributed by atoms with Crippen LogP contribution in [0.1, 0.15) is 30.4 Å². The van der Waals surface area contributed by atoms with Crippen molar-refractivity contribution in [2.45, 2.75) is 49.1 Å². The van der Waals surface area contributed by atoms with E-state index in [1.54, 1.807) is 25.3 Å². The van der Waals surface area contributed by atoms with E-state index < -0.39 is 16.1 Å². The van der Waals surface area contributed by atoms with Gasteiger partial charge < -0.3 is 25.6 Å². The number of β-amino-alcohol motifs (C(OH)–C–C–N with tert-alkyl or cyclic N) is 2. The Balaban J connectivity index is 1.20. The maximum atomic E-state index is 13.4. The fourth-order valence-corrected chi connectivity index (χ4v) is 8.45. The van der Waals surface area contributed by atoms with Crippen LogP contribution in [-0.4, -0.2) is 114 Å². The second-order valence-electron chi connectivity index (χ2n) is 12.1. The van der Waals surface area contributed by atoms with Gasteiger partial charge in [0.1, 0.15) is 15.7 Å². The van der Waals surface area contributed by atoms with Crippen molar-refractivity contribution in [3.63, 3.8) is 0 Å². The molecule has 14 heteroatoms. The molecule has 2 aromatic carbocycles. The fraction of sp³-hybridized carbons (Fsp3) is 0.500. The molecule has 0 spiro atoms. The highest BCUT2D eigenvalue weighted by Crippen LogP contribution is 2.36. The van der Waals surface area contributed by atoms with Crippen molar-refractivity contribution in [1.82, 2.24) is 24.1 Å². The number of hydrogen-bond acceptors (Lipinski definition) is 11.